The Labute approximate surface area is 124 Å². The van der Waals surface area contributed by atoms with E-state index in [2.05, 4.69) is 26.5 Å². The average Bonchev–Trinajstić information content (AvgIpc) is 2.36. The van der Waals surface area contributed by atoms with E-state index in [0.29, 0.717) is 19.6 Å². The van der Waals surface area contributed by atoms with Crippen molar-refractivity contribution in [1.82, 2.24) is 5.32 Å². The first kappa shape index (κ1) is 19.5. The fourth-order valence-corrected chi connectivity index (χ4v) is 2.75. The first-order valence-corrected chi connectivity index (χ1v) is 8.87. The summed E-state index contributed by atoms with van der Waals surface area (Å²) in [5.41, 5.74) is 0. The van der Waals surface area contributed by atoms with Gasteiger partial charge in [-0.2, -0.15) is 0 Å². The van der Waals surface area contributed by atoms with Crippen LogP contribution in [0.15, 0.2) is 0 Å². The SMILES string of the molecule is CO[SiH](CCCNCCC(=O)OCC[N+](C)(C)C)OC. The smallest absolute Gasteiger partial charge is 0.320 e. The zero-order valence-electron chi connectivity index (χ0n) is 13.6. The summed E-state index contributed by atoms with van der Waals surface area (Å²) >= 11 is 0. The van der Waals surface area contributed by atoms with Crippen molar-refractivity contribution in [2.45, 2.75) is 18.9 Å². The summed E-state index contributed by atoms with van der Waals surface area (Å²) in [5.74, 6) is -0.132. The van der Waals surface area contributed by atoms with Crippen molar-refractivity contribution in [2.75, 3.05) is 61.6 Å². The molecule has 7 heteroatoms. The Kier molecular flexibility index (Phi) is 10.9. The van der Waals surface area contributed by atoms with Gasteiger partial charge in [-0.05, 0) is 19.0 Å². The normalized spacial score (nSPS) is 11.9. The molecule has 0 amide bonds. The number of ether oxygens (including phenoxy) is 1. The molecule has 0 saturated carbocycles. The fourth-order valence-electron chi connectivity index (χ4n) is 1.55. The minimum absolute atomic E-state index is 0.132. The Morgan fingerprint density at radius 3 is 2.35 bits per heavy atom. The lowest BCUT2D eigenvalue weighted by Crippen LogP contribution is -2.38. The van der Waals surface area contributed by atoms with Crippen LogP contribution in [-0.2, 0) is 18.4 Å². The molecule has 0 fully saturated rings. The number of esters is 1. The lowest BCUT2D eigenvalue weighted by atomic mass is 10.4. The molecule has 0 aromatic rings. The summed E-state index contributed by atoms with van der Waals surface area (Å²) < 4.78 is 16.4. The van der Waals surface area contributed by atoms with Gasteiger partial charge in [0.1, 0.15) is 13.2 Å². The number of carbonyl (C=O) groups is 1. The van der Waals surface area contributed by atoms with E-state index >= 15 is 0 Å². The number of nitrogens with zero attached hydrogens (tertiary/aromatic N) is 1. The van der Waals surface area contributed by atoms with Crippen LogP contribution in [0.4, 0.5) is 0 Å². The van der Waals surface area contributed by atoms with Crippen LogP contribution in [0.25, 0.3) is 0 Å². The van der Waals surface area contributed by atoms with Gasteiger partial charge >= 0.3 is 15.3 Å². The van der Waals surface area contributed by atoms with E-state index in [9.17, 15) is 4.79 Å². The molecular formula is C13H31N2O4Si+. The van der Waals surface area contributed by atoms with Gasteiger partial charge in [-0.1, -0.05) is 0 Å². The number of nitrogens with one attached hydrogen (secondary N) is 1. The van der Waals surface area contributed by atoms with Crippen molar-refractivity contribution < 1.29 is 22.9 Å². The van der Waals surface area contributed by atoms with Crippen LogP contribution >= 0.6 is 0 Å². The Balaban J connectivity index is 3.40. The maximum absolute atomic E-state index is 11.5. The van der Waals surface area contributed by atoms with Gasteiger partial charge in [0.25, 0.3) is 0 Å². The van der Waals surface area contributed by atoms with Crippen molar-refractivity contribution >= 4 is 15.3 Å². The third-order valence-corrected chi connectivity index (χ3v) is 4.78. The zero-order valence-corrected chi connectivity index (χ0v) is 14.8. The number of quaternary nitrogens is 1. The quantitative estimate of drug-likeness (QED) is 0.240. The van der Waals surface area contributed by atoms with Crippen molar-refractivity contribution in [2.24, 2.45) is 0 Å². The van der Waals surface area contributed by atoms with Crippen molar-refractivity contribution in [3.63, 3.8) is 0 Å². The highest BCUT2D eigenvalue weighted by atomic mass is 28.3. The molecule has 120 valence electrons. The molecule has 0 unspecified atom stereocenters. The highest BCUT2D eigenvalue weighted by Gasteiger charge is 2.10. The van der Waals surface area contributed by atoms with Crippen LogP contribution in [0.1, 0.15) is 12.8 Å². The standard InChI is InChI=1S/C13H31N2O4Si/c1-15(2,3)10-11-19-13(16)7-9-14-8-6-12-20(17-4)18-5/h14,20H,6-12H2,1-5H3/q+1. The molecule has 0 aliphatic heterocycles. The highest BCUT2D eigenvalue weighted by Crippen LogP contribution is 1.98. The van der Waals surface area contributed by atoms with E-state index in [-0.39, 0.29) is 5.97 Å². The molecule has 6 nitrogen and oxygen atoms in total. The van der Waals surface area contributed by atoms with Gasteiger partial charge < -0.3 is 23.4 Å². The van der Waals surface area contributed by atoms with E-state index in [1.54, 1.807) is 14.2 Å². The fraction of sp³-hybridized carbons (Fsp3) is 0.923. The molecule has 0 saturated heterocycles. The molecular weight excluding hydrogens is 276 g/mol. The molecule has 0 radical (unpaired) electrons. The van der Waals surface area contributed by atoms with Gasteiger partial charge in [0.15, 0.2) is 0 Å². The van der Waals surface area contributed by atoms with Crippen LogP contribution in [0.3, 0.4) is 0 Å². The summed E-state index contributed by atoms with van der Waals surface area (Å²) in [7, 11) is 8.19. The van der Waals surface area contributed by atoms with Crippen LogP contribution in [0.5, 0.6) is 0 Å². The molecule has 0 bridgehead atoms. The molecule has 0 atom stereocenters. The molecule has 1 N–H and O–H groups in total. The minimum Gasteiger partial charge on any atom is -0.460 e. The highest BCUT2D eigenvalue weighted by molar-refractivity contribution is 6.44. The van der Waals surface area contributed by atoms with Gasteiger partial charge in [-0.25, -0.2) is 0 Å². The van der Waals surface area contributed by atoms with Gasteiger partial charge in [0.05, 0.1) is 27.6 Å². The van der Waals surface area contributed by atoms with Crippen molar-refractivity contribution in [3.8, 4) is 0 Å². The van der Waals surface area contributed by atoms with Crippen molar-refractivity contribution in [3.05, 3.63) is 0 Å². The van der Waals surface area contributed by atoms with Crippen LogP contribution in [0.2, 0.25) is 6.04 Å². The van der Waals surface area contributed by atoms with Crippen LogP contribution < -0.4 is 5.32 Å². The molecule has 0 aromatic carbocycles. The molecule has 0 aliphatic rings. The molecule has 0 aliphatic carbocycles. The summed E-state index contributed by atoms with van der Waals surface area (Å²) in [6.07, 6.45) is 1.43. The van der Waals surface area contributed by atoms with Crippen molar-refractivity contribution in [1.29, 1.82) is 0 Å². The monoisotopic (exact) mass is 307 g/mol. The predicted molar refractivity (Wildman–Crippen MR) is 81.9 cm³/mol. The van der Waals surface area contributed by atoms with Gasteiger partial charge in [0.2, 0.25) is 0 Å². The van der Waals surface area contributed by atoms with E-state index in [1.807, 2.05) is 0 Å². The number of rotatable bonds is 12. The maximum Gasteiger partial charge on any atom is 0.320 e. The number of likely N-dealkylation sites (N-methyl/N-ethyl adjacent to an activating group) is 1. The Morgan fingerprint density at radius 1 is 1.15 bits per heavy atom. The molecule has 0 rings (SSSR count). The Morgan fingerprint density at radius 2 is 1.80 bits per heavy atom. The van der Waals surface area contributed by atoms with Gasteiger partial charge in [0, 0.05) is 20.8 Å². The molecule has 0 spiro atoms. The zero-order chi connectivity index (χ0) is 15.4. The minimum atomic E-state index is -1.43. The maximum atomic E-state index is 11.5. The first-order chi connectivity index (χ1) is 9.39. The third kappa shape index (κ3) is 12.6. The molecule has 0 aromatic heterocycles. The first-order valence-electron chi connectivity index (χ1n) is 7.11. The number of hydrogen-bond donors (Lipinski definition) is 1. The second kappa shape index (κ2) is 11.2. The Hall–Kier alpha value is -0.473. The average molecular weight is 307 g/mol. The van der Waals surface area contributed by atoms with E-state index < -0.39 is 9.28 Å². The summed E-state index contributed by atoms with van der Waals surface area (Å²) in [5, 5.41) is 3.23. The second-order valence-electron chi connectivity index (χ2n) is 5.78. The number of carbonyl (C=O) groups excluding carboxylic acids is 1. The lowest BCUT2D eigenvalue weighted by Gasteiger charge is -2.23. The summed E-state index contributed by atoms with van der Waals surface area (Å²) in [6, 6.07) is 0.980. The number of hydrogen-bond acceptors (Lipinski definition) is 5. The topological polar surface area (TPSA) is 56.8 Å². The summed E-state index contributed by atoms with van der Waals surface area (Å²) in [6.45, 7) is 2.86. The van der Waals surface area contributed by atoms with Gasteiger partial charge in [-0.3, -0.25) is 4.79 Å². The van der Waals surface area contributed by atoms with Crippen LogP contribution in [-0.4, -0.2) is 81.3 Å². The van der Waals surface area contributed by atoms with Crippen LogP contribution in [0, 0.1) is 0 Å². The second-order valence-corrected chi connectivity index (χ2v) is 8.16. The van der Waals surface area contributed by atoms with Gasteiger partial charge in [-0.15, -0.1) is 0 Å². The lowest BCUT2D eigenvalue weighted by molar-refractivity contribution is -0.870. The predicted octanol–water partition coefficient (Wildman–Crippen LogP) is 0.119. The van der Waals surface area contributed by atoms with E-state index in [1.165, 1.54) is 0 Å². The third-order valence-electron chi connectivity index (χ3n) is 2.85. The van der Waals surface area contributed by atoms with E-state index in [0.717, 1.165) is 30.0 Å². The largest absolute Gasteiger partial charge is 0.460 e. The Bertz CT molecular complexity index is 255. The molecule has 0 heterocycles. The van der Waals surface area contributed by atoms with E-state index in [4.69, 9.17) is 13.6 Å². The molecule has 20 heavy (non-hydrogen) atoms. The summed E-state index contributed by atoms with van der Waals surface area (Å²) in [4.78, 5) is 11.5.